The highest BCUT2D eigenvalue weighted by Crippen LogP contribution is 2.68. The molecule has 16 heavy (non-hydrogen) atoms. The molecule has 0 aromatic carbocycles. The molecule has 0 spiro atoms. The second-order valence-electron chi connectivity index (χ2n) is 2.31. The molecule has 3 atom stereocenters. The molecule has 2 N–H and O–H groups in total. The van der Waals surface area contributed by atoms with Crippen molar-refractivity contribution in [1.29, 1.82) is 0 Å². The Balaban J connectivity index is 4.84. The molecule has 0 aliphatic rings. The fourth-order valence-electron chi connectivity index (χ4n) is 0.542. The fourth-order valence-corrected chi connectivity index (χ4v) is 4.37. The maximum atomic E-state index is 11.4. The van der Waals surface area contributed by atoms with Crippen LogP contribution >= 0.6 is 23.2 Å². The minimum absolute atomic E-state index is 0.276. The Morgan fingerprint density at radius 3 is 2.00 bits per heavy atom. The first-order chi connectivity index (χ1) is 7.10. The molecule has 0 fully saturated rings. The second kappa shape index (κ2) is 5.62. The first-order valence-electron chi connectivity index (χ1n) is 3.67. The highest BCUT2D eigenvalue weighted by molar-refractivity contribution is 7.69. The van der Waals surface area contributed by atoms with E-state index in [0.717, 1.165) is 7.11 Å². The molecule has 0 amide bonds. The summed E-state index contributed by atoms with van der Waals surface area (Å²) in [5, 5.41) is 0. The van der Waals surface area contributed by atoms with Crippen molar-refractivity contribution >= 4 is 23.2 Å². The van der Waals surface area contributed by atoms with Crippen LogP contribution in [0.1, 0.15) is 6.92 Å². The van der Waals surface area contributed by atoms with E-state index in [-0.39, 0.29) is 6.16 Å². The van der Waals surface area contributed by atoms with Crippen molar-refractivity contribution in [2.75, 3.05) is 13.3 Å². The summed E-state index contributed by atoms with van der Waals surface area (Å²) >= 11 is 0. The Morgan fingerprint density at radius 1 is 1.19 bits per heavy atom. The lowest BCUT2D eigenvalue weighted by atomic mass is 11.0. The van der Waals surface area contributed by atoms with Gasteiger partial charge in [-0.2, -0.15) is 4.31 Å². The largest absolute Gasteiger partial charge is 0.496 e. The number of hydrogen-bond acceptors (Lipinski definition) is 7. The Morgan fingerprint density at radius 2 is 1.69 bits per heavy atom. The fraction of sp³-hybridized carbons (Fsp3) is 1.00. The van der Waals surface area contributed by atoms with Gasteiger partial charge in [-0.05, 0) is 0 Å². The van der Waals surface area contributed by atoms with Crippen molar-refractivity contribution in [3.05, 3.63) is 4.91 Å². The Hall–Kier alpha value is 0.0900. The standard InChI is InChI=1S/C3H10NO9P3/c1-3-14(6,11-2)12-16(9,10)13-15(7,8)4-5/h3H2,1-2H3,(H,7,8)(H,9,10). The van der Waals surface area contributed by atoms with Gasteiger partial charge in [0.05, 0.1) is 0 Å². The Bertz CT molecular complexity index is 383. The van der Waals surface area contributed by atoms with E-state index in [1.165, 1.54) is 6.92 Å². The van der Waals surface area contributed by atoms with Crippen LogP contribution in [0.15, 0.2) is 4.95 Å². The molecule has 0 aliphatic carbocycles. The summed E-state index contributed by atoms with van der Waals surface area (Å²) in [6, 6.07) is 0. The average Bonchev–Trinajstić information content (AvgIpc) is 2.15. The maximum absolute atomic E-state index is 11.4. The summed E-state index contributed by atoms with van der Waals surface area (Å²) in [7, 11) is -13.3. The van der Waals surface area contributed by atoms with E-state index >= 15 is 0 Å². The Labute approximate surface area is 90.6 Å². The summed E-state index contributed by atoms with van der Waals surface area (Å²) in [6.45, 7) is 1.32. The summed E-state index contributed by atoms with van der Waals surface area (Å²) < 4.78 is 44.9. The van der Waals surface area contributed by atoms with Gasteiger partial charge in [0, 0.05) is 18.2 Å². The predicted molar refractivity (Wildman–Crippen MR) is 52.8 cm³/mol. The van der Waals surface area contributed by atoms with E-state index in [9.17, 15) is 18.6 Å². The van der Waals surface area contributed by atoms with E-state index in [4.69, 9.17) is 9.79 Å². The normalized spacial score (nSPS) is 22.8. The zero-order valence-corrected chi connectivity index (χ0v) is 10.9. The molecular formula is C3H10NO9P3. The highest BCUT2D eigenvalue weighted by Gasteiger charge is 2.41. The quantitative estimate of drug-likeness (QED) is 0.530. The van der Waals surface area contributed by atoms with Gasteiger partial charge in [-0.25, -0.2) is 13.4 Å². The van der Waals surface area contributed by atoms with Gasteiger partial charge < -0.3 is 14.3 Å². The molecule has 0 heterocycles. The molecule has 0 saturated carbocycles. The van der Waals surface area contributed by atoms with Crippen molar-refractivity contribution in [3.8, 4) is 0 Å². The van der Waals surface area contributed by atoms with E-state index in [0.29, 0.717) is 0 Å². The van der Waals surface area contributed by atoms with Crippen molar-refractivity contribution in [2.45, 2.75) is 6.92 Å². The zero-order chi connectivity index (χ0) is 13.0. The van der Waals surface area contributed by atoms with Crippen LogP contribution in [0.25, 0.3) is 0 Å². The van der Waals surface area contributed by atoms with Gasteiger partial charge in [0.2, 0.25) is 0 Å². The van der Waals surface area contributed by atoms with E-state index in [1.54, 1.807) is 4.95 Å². The minimum Gasteiger partial charge on any atom is -0.312 e. The number of phosphoric acid groups is 1. The van der Waals surface area contributed by atoms with Gasteiger partial charge >= 0.3 is 23.2 Å². The van der Waals surface area contributed by atoms with Crippen LogP contribution in [0, 0.1) is 4.91 Å². The molecule has 0 radical (unpaired) electrons. The van der Waals surface area contributed by atoms with E-state index in [1.807, 2.05) is 0 Å². The zero-order valence-electron chi connectivity index (χ0n) is 8.25. The summed E-state index contributed by atoms with van der Waals surface area (Å²) in [5.41, 5.74) is 0. The summed E-state index contributed by atoms with van der Waals surface area (Å²) in [4.78, 5) is 28.7. The first-order valence-corrected chi connectivity index (χ1v) is 8.43. The minimum atomic E-state index is -5.18. The van der Waals surface area contributed by atoms with Crippen molar-refractivity contribution < 1.29 is 36.6 Å². The number of hydrogen-bond donors (Lipinski definition) is 2. The molecule has 96 valence electrons. The van der Waals surface area contributed by atoms with Gasteiger partial charge in [0.15, 0.2) is 0 Å². The molecule has 3 unspecified atom stereocenters. The molecule has 10 nitrogen and oxygen atoms in total. The monoisotopic (exact) mass is 297 g/mol. The van der Waals surface area contributed by atoms with Gasteiger partial charge in [-0.15, -0.1) is 4.91 Å². The highest BCUT2D eigenvalue weighted by atomic mass is 31.3. The van der Waals surface area contributed by atoms with Crippen LogP contribution in [0.4, 0.5) is 0 Å². The number of rotatable bonds is 7. The van der Waals surface area contributed by atoms with Crippen molar-refractivity contribution in [2.24, 2.45) is 4.95 Å². The summed E-state index contributed by atoms with van der Waals surface area (Å²) in [6.07, 6.45) is -0.276. The number of nitroso groups, excluding NO2 is 1. The lowest BCUT2D eigenvalue weighted by Gasteiger charge is -2.17. The maximum Gasteiger partial charge on any atom is 0.496 e. The van der Waals surface area contributed by atoms with E-state index in [2.05, 4.69) is 13.1 Å². The third-order valence-corrected chi connectivity index (χ3v) is 6.24. The first kappa shape index (κ1) is 16.1. The third-order valence-electron chi connectivity index (χ3n) is 1.21. The third kappa shape index (κ3) is 5.43. The van der Waals surface area contributed by atoms with Crippen LogP contribution in [0.2, 0.25) is 0 Å². The summed E-state index contributed by atoms with van der Waals surface area (Å²) in [5.74, 6) is 0. The molecule has 0 aromatic rings. The average molecular weight is 297 g/mol. The molecule has 0 rings (SSSR count). The molecule has 0 aliphatic heterocycles. The SMILES string of the molecule is CCP(=O)(OC)OP(=O)(O)OP(=O)(O)N=O. The Kier molecular flexibility index (Phi) is 5.65. The lowest BCUT2D eigenvalue weighted by molar-refractivity contribution is 0.244. The molecule has 0 aromatic heterocycles. The van der Waals surface area contributed by atoms with Crippen molar-refractivity contribution in [1.82, 2.24) is 0 Å². The van der Waals surface area contributed by atoms with Crippen LogP contribution in [-0.4, -0.2) is 23.1 Å². The van der Waals surface area contributed by atoms with Gasteiger partial charge in [0.25, 0.3) is 0 Å². The van der Waals surface area contributed by atoms with Gasteiger partial charge in [-0.1, -0.05) is 6.92 Å². The van der Waals surface area contributed by atoms with E-state index < -0.39 is 23.2 Å². The van der Waals surface area contributed by atoms with Crippen molar-refractivity contribution in [3.63, 3.8) is 0 Å². The second-order valence-corrected chi connectivity index (χ2v) is 7.92. The molecular weight excluding hydrogens is 287 g/mol. The number of nitrogens with zero attached hydrogens (tertiary/aromatic N) is 1. The molecule has 0 bridgehead atoms. The van der Waals surface area contributed by atoms with Crippen LogP contribution in [-0.2, 0) is 26.8 Å². The van der Waals surface area contributed by atoms with Gasteiger partial charge in [-0.3, -0.25) is 4.57 Å². The van der Waals surface area contributed by atoms with Crippen LogP contribution in [0.5, 0.6) is 0 Å². The topological polar surface area (TPSA) is 149 Å². The van der Waals surface area contributed by atoms with Gasteiger partial charge in [0.1, 0.15) is 0 Å². The van der Waals surface area contributed by atoms with Crippen LogP contribution in [0.3, 0.4) is 0 Å². The van der Waals surface area contributed by atoms with Crippen LogP contribution < -0.4 is 0 Å². The smallest absolute Gasteiger partial charge is 0.312 e. The molecule has 13 heteroatoms. The lowest BCUT2D eigenvalue weighted by Crippen LogP contribution is -1.96. The molecule has 0 saturated heterocycles. The predicted octanol–water partition coefficient (Wildman–Crippen LogP) is 1.85.